The maximum atomic E-state index is 13.5. The minimum absolute atomic E-state index is 0.0222. The number of anilines is 2. The highest BCUT2D eigenvalue weighted by Crippen LogP contribution is 2.37. The van der Waals surface area contributed by atoms with Gasteiger partial charge in [0, 0.05) is 5.92 Å². The van der Waals surface area contributed by atoms with Crippen LogP contribution < -0.4 is 10.7 Å². The van der Waals surface area contributed by atoms with Gasteiger partial charge in [0.1, 0.15) is 0 Å². The molecule has 1 aromatic heterocycles. The van der Waals surface area contributed by atoms with Crippen LogP contribution in [0, 0.1) is 0 Å². The van der Waals surface area contributed by atoms with E-state index in [9.17, 15) is 4.79 Å². The van der Waals surface area contributed by atoms with Crippen molar-refractivity contribution in [2.75, 3.05) is 16.5 Å². The number of para-hydroxylation sites is 2. The summed E-state index contributed by atoms with van der Waals surface area (Å²) in [6.07, 6.45) is 7.78. The number of benzene rings is 2. The van der Waals surface area contributed by atoms with Crippen LogP contribution in [-0.2, 0) is 17.6 Å². The second kappa shape index (κ2) is 8.75. The number of thioether (sulfide) groups is 1. The predicted octanol–water partition coefficient (Wildman–Crippen LogP) is 4.60. The molecule has 2 N–H and O–H groups in total. The smallest absolute Gasteiger partial charge is 0.242 e. The van der Waals surface area contributed by atoms with Crippen LogP contribution in [-0.4, -0.2) is 26.5 Å². The molecular weight excluding hydrogens is 406 g/mol. The van der Waals surface area contributed by atoms with Gasteiger partial charge in [0.05, 0.1) is 17.1 Å². The van der Waals surface area contributed by atoms with E-state index in [0.29, 0.717) is 11.1 Å². The number of aryl methyl sites for hydroxylation is 2. The Morgan fingerprint density at radius 2 is 1.55 bits per heavy atom. The number of fused-ring (bicyclic) bond motifs is 2. The molecule has 2 aromatic carbocycles. The fourth-order valence-electron chi connectivity index (χ4n) is 4.77. The quantitative estimate of drug-likeness (QED) is 0.481. The Morgan fingerprint density at radius 1 is 0.935 bits per heavy atom. The molecule has 1 amide bonds. The average Bonchev–Trinajstić information content (AvgIpc) is 3.09. The van der Waals surface area contributed by atoms with Gasteiger partial charge in [0.15, 0.2) is 5.82 Å². The molecule has 1 fully saturated rings. The number of nitrogen functional groups attached to an aromatic ring is 1. The first-order valence-corrected chi connectivity index (χ1v) is 12.0. The van der Waals surface area contributed by atoms with Gasteiger partial charge in [-0.3, -0.25) is 9.69 Å². The molecule has 7 heteroatoms. The summed E-state index contributed by atoms with van der Waals surface area (Å²) in [4.78, 5) is 15.3. The van der Waals surface area contributed by atoms with Crippen molar-refractivity contribution in [3.63, 3.8) is 0 Å². The third-order valence-electron chi connectivity index (χ3n) is 6.36. The third-order valence-corrected chi connectivity index (χ3v) is 7.29. The molecular formula is C24H27N5OS. The lowest BCUT2D eigenvalue weighted by Gasteiger charge is -2.25. The molecule has 1 saturated carbocycles. The Balaban J connectivity index is 1.38. The zero-order valence-electron chi connectivity index (χ0n) is 17.5. The van der Waals surface area contributed by atoms with Crippen molar-refractivity contribution in [3.05, 3.63) is 65.5 Å². The van der Waals surface area contributed by atoms with Gasteiger partial charge in [-0.15, -0.1) is 10.2 Å². The minimum Gasteiger partial charge on any atom is -0.336 e. The largest absolute Gasteiger partial charge is 0.336 e. The van der Waals surface area contributed by atoms with Crippen molar-refractivity contribution in [1.29, 1.82) is 0 Å². The second-order valence-corrected chi connectivity index (χ2v) is 9.26. The topological polar surface area (TPSA) is 77.0 Å². The number of hydrogen-bond acceptors (Lipinski definition) is 5. The number of amides is 1. The van der Waals surface area contributed by atoms with Crippen molar-refractivity contribution in [3.8, 4) is 0 Å². The highest BCUT2D eigenvalue weighted by atomic mass is 32.2. The molecule has 160 valence electrons. The van der Waals surface area contributed by atoms with Crippen LogP contribution in [0.3, 0.4) is 0 Å². The number of rotatable bonds is 4. The van der Waals surface area contributed by atoms with E-state index in [1.54, 1.807) is 4.68 Å². The summed E-state index contributed by atoms with van der Waals surface area (Å²) >= 11 is 1.36. The lowest BCUT2D eigenvalue weighted by molar-refractivity contribution is -0.115. The number of nitrogens with zero attached hydrogens (tertiary/aromatic N) is 4. The summed E-state index contributed by atoms with van der Waals surface area (Å²) in [5, 5.41) is 9.26. The van der Waals surface area contributed by atoms with Gasteiger partial charge in [-0.25, -0.2) is 4.68 Å². The molecule has 3 aromatic rings. The molecule has 5 rings (SSSR count). The van der Waals surface area contributed by atoms with Gasteiger partial charge in [0.25, 0.3) is 0 Å². The number of carbonyl (C=O) groups is 1. The molecule has 0 atom stereocenters. The van der Waals surface area contributed by atoms with Crippen LogP contribution >= 0.6 is 11.8 Å². The Hall–Kier alpha value is -2.80. The van der Waals surface area contributed by atoms with Gasteiger partial charge in [-0.2, -0.15) is 0 Å². The lowest BCUT2D eigenvalue weighted by atomic mass is 9.89. The summed E-state index contributed by atoms with van der Waals surface area (Å²) < 4.78 is 1.60. The van der Waals surface area contributed by atoms with Gasteiger partial charge in [-0.1, -0.05) is 67.4 Å². The van der Waals surface area contributed by atoms with Gasteiger partial charge >= 0.3 is 0 Å². The minimum atomic E-state index is 0.0222. The van der Waals surface area contributed by atoms with Crippen molar-refractivity contribution < 1.29 is 4.79 Å². The standard InChI is InChI=1S/C24H27N5OS/c25-29-23(19-10-2-1-3-11-19)26-27-24(29)31-16-22(30)28-20-12-6-4-8-17(20)14-15-18-9-5-7-13-21(18)28/h4-9,12-13,19H,1-3,10-11,14-16,25H2. The van der Waals surface area contributed by atoms with Crippen molar-refractivity contribution in [2.45, 2.75) is 56.0 Å². The maximum Gasteiger partial charge on any atom is 0.242 e. The van der Waals surface area contributed by atoms with Crippen molar-refractivity contribution in [1.82, 2.24) is 14.9 Å². The zero-order valence-corrected chi connectivity index (χ0v) is 18.4. The molecule has 6 nitrogen and oxygen atoms in total. The average molecular weight is 434 g/mol. The van der Waals surface area contributed by atoms with E-state index < -0.39 is 0 Å². The van der Waals surface area contributed by atoms with Gasteiger partial charge < -0.3 is 5.84 Å². The van der Waals surface area contributed by atoms with Crippen LogP contribution in [0.1, 0.15) is 55.0 Å². The summed E-state index contributed by atoms with van der Waals surface area (Å²) in [5.41, 5.74) is 4.32. The number of nitrogens with two attached hydrogens (primary N) is 1. The molecule has 1 aliphatic carbocycles. The summed E-state index contributed by atoms with van der Waals surface area (Å²) in [7, 11) is 0. The van der Waals surface area contributed by atoms with Crippen molar-refractivity contribution in [2.24, 2.45) is 0 Å². The van der Waals surface area contributed by atoms with Crippen LogP contribution in [0.5, 0.6) is 0 Å². The summed E-state index contributed by atoms with van der Waals surface area (Å²) in [6, 6.07) is 16.4. The predicted molar refractivity (Wildman–Crippen MR) is 124 cm³/mol. The van der Waals surface area contributed by atoms with Crippen LogP contribution in [0.2, 0.25) is 0 Å². The molecule has 2 aliphatic rings. The van der Waals surface area contributed by atoms with Crippen LogP contribution in [0.4, 0.5) is 11.4 Å². The Labute approximate surface area is 186 Å². The van der Waals surface area contributed by atoms with Crippen LogP contribution in [0.25, 0.3) is 0 Å². The monoisotopic (exact) mass is 433 g/mol. The van der Waals surface area contributed by atoms with E-state index in [4.69, 9.17) is 5.84 Å². The first-order chi connectivity index (χ1) is 15.2. The van der Waals surface area contributed by atoms with E-state index in [-0.39, 0.29) is 11.7 Å². The van der Waals surface area contributed by atoms with E-state index in [1.165, 1.54) is 42.2 Å². The second-order valence-electron chi connectivity index (χ2n) is 8.32. The maximum absolute atomic E-state index is 13.5. The number of aromatic nitrogens is 3. The lowest BCUT2D eigenvalue weighted by Crippen LogP contribution is -2.29. The molecule has 0 spiro atoms. The normalized spacial score (nSPS) is 16.5. The molecule has 0 bridgehead atoms. The van der Waals surface area contributed by atoms with E-state index in [1.807, 2.05) is 41.3 Å². The first kappa shape index (κ1) is 20.1. The number of carbonyl (C=O) groups excluding carboxylic acids is 1. The van der Waals surface area contributed by atoms with Crippen molar-refractivity contribution >= 4 is 29.0 Å². The molecule has 0 radical (unpaired) electrons. The van der Waals surface area contributed by atoms with Crippen LogP contribution in [0.15, 0.2) is 53.7 Å². The molecule has 0 unspecified atom stereocenters. The van der Waals surface area contributed by atoms with Gasteiger partial charge in [-0.05, 0) is 48.9 Å². The number of hydrogen-bond donors (Lipinski definition) is 1. The molecule has 2 heterocycles. The third kappa shape index (κ3) is 3.94. The highest BCUT2D eigenvalue weighted by molar-refractivity contribution is 7.99. The zero-order chi connectivity index (χ0) is 21.2. The van der Waals surface area contributed by atoms with E-state index in [2.05, 4.69) is 22.3 Å². The first-order valence-electron chi connectivity index (χ1n) is 11.0. The Kier molecular flexibility index (Phi) is 5.68. The van der Waals surface area contributed by atoms with Gasteiger partial charge in [0.2, 0.25) is 11.1 Å². The highest BCUT2D eigenvalue weighted by Gasteiger charge is 2.27. The molecule has 0 saturated heterocycles. The molecule has 1 aliphatic heterocycles. The SMILES string of the molecule is Nn1c(SCC(=O)N2c3ccccc3CCc3ccccc32)nnc1C1CCCCC1. The fourth-order valence-corrected chi connectivity index (χ4v) is 5.48. The molecule has 31 heavy (non-hydrogen) atoms. The Morgan fingerprint density at radius 3 is 2.19 bits per heavy atom. The summed E-state index contributed by atoms with van der Waals surface area (Å²) in [5.74, 6) is 7.82. The van der Waals surface area contributed by atoms with E-state index in [0.717, 1.165) is 42.9 Å². The Bertz CT molecular complexity index is 1040. The summed E-state index contributed by atoms with van der Waals surface area (Å²) in [6.45, 7) is 0. The fraction of sp³-hybridized carbons (Fsp3) is 0.375. The van der Waals surface area contributed by atoms with E-state index >= 15 is 0 Å².